The van der Waals surface area contributed by atoms with Gasteiger partial charge in [0, 0.05) is 36.9 Å². The van der Waals surface area contributed by atoms with E-state index in [1.165, 1.54) is 4.90 Å². The van der Waals surface area contributed by atoms with Gasteiger partial charge in [-0.2, -0.15) is 0 Å². The summed E-state index contributed by atoms with van der Waals surface area (Å²) in [5, 5.41) is 5.39. The zero-order valence-corrected chi connectivity index (χ0v) is 30.1. The fourth-order valence-electron chi connectivity index (χ4n) is 7.44. The molecule has 3 aliphatic heterocycles. The van der Waals surface area contributed by atoms with Crippen LogP contribution in [0.2, 0.25) is 0 Å². The molecule has 12 nitrogen and oxygen atoms in total. The van der Waals surface area contributed by atoms with Crippen LogP contribution in [0.25, 0.3) is 0 Å². The van der Waals surface area contributed by atoms with Crippen molar-refractivity contribution in [2.75, 3.05) is 6.54 Å². The number of allylic oxidation sites excluding steroid dienone is 1. The summed E-state index contributed by atoms with van der Waals surface area (Å²) in [4.78, 5) is 84.9. The van der Waals surface area contributed by atoms with Gasteiger partial charge in [-0.05, 0) is 69.7 Å². The number of carbonyl (C=O) groups is 6. The molecule has 0 aromatic heterocycles. The molecule has 0 unspecified atom stereocenters. The molecule has 2 aromatic carbocycles. The van der Waals surface area contributed by atoms with Crippen LogP contribution < -0.4 is 10.6 Å². The molecule has 276 valence electrons. The van der Waals surface area contributed by atoms with Crippen LogP contribution in [-0.4, -0.2) is 75.3 Å². The molecule has 3 heterocycles. The normalized spacial score (nSPS) is 26.8. The Morgan fingerprint density at radius 3 is 2.33 bits per heavy atom. The van der Waals surface area contributed by atoms with Crippen LogP contribution in [0.4, 0.5) is 4.79 Å². The molecular formula is C40H48N4O8. The van der Waals surface area contributed by atoms with E-state index in [2.05, 4.69) is 10.6 Å². The summed E-state index contributed by atoms with van der Waals surface area (Å²) >= 11 is 0. The minimum absolute atomic E-state index is 0.00438. The van der Waals surface area contributed by atoms with Crippen molar-refractivity contribution in [3.8, 4) is 0 Å². The van der Waals surface area contributed by atoms with Crippen molar-refractivity contribution in [2.45, 2.75) is 109 Å². The van der Waals surface area contributed by atoms with Gasteiger partial charge in [-0.15, -0.1) is 0 Å². The summed E-state index contributed by atoms with van der Waals surface area (Å²) in [6, 6.07) is 15.0. The van der Waals surface area contributed by atoms with Crippen LogP contribution in [0.5, 0.6) is 0 Å². The third-order valence-electron chi connectivity index (χ3n) is 10.2. The second-order valence-electron chi connectivity index (χ2n) is 15.3. The number of carbonyl (C=O) groups excluding carboxylic acids is 6. The molecular weight excluding hydrogens is 664 g/mol. The van der Waals surface area contributed by atoms with E-state index in [0.717, 1.165) is 30.4 Å². The third-order valence-corrected chi connectivity index (χ3v) is 10.2. The van der Waals surface area contributed by atoms with Crippen molar-refractivity contribution in [1.29, 1.82) is 0 Å². The summed E-state index contributed by atoms with van der Waals surface area (Å²) in [6.07, 6.45) is 6.14. The fraction of sp³-hybridized carbons (Fsp3) is 0.500. The maximum absolute atomic E-state index is 14.4. The maximum Gasteiger partial charge on any atom is 0.410 e. The lowest BCUT2D eigenvalue weighted by Crippen LogP contribution is -2.56. The topological polar surface area (TPSA) is 151 Å². The van der Waals surface area contributed by atoms with Gasteiger partial charge in [-0.1, -0.05) is 67.5 Å². The first-order valence-electron chi connectivity index (χ1n) is 18.3. The lowest BCUT2D eigenvalue weighted by atomic mass is 9.95. The van der Waals surface area contributed by atoms with Gasteiger partial charge < -0.3 is 19.7 Å². The van der Waals surface area contributed by atoms with Gasteiger partial charge in [0.25, 0.3) is 11.8 Å². The van der Waals surface area contributed by atoms with Gasteiger partial charge in [0.05, 0.1) is 13.0 Å². The Morgan fingerprint density at radius 2 is 1.63 bits per heavy atom. The molecule has 2 aromatic rings. The van der Waals surface area contributed by atoms with Gasteiger partial charge in [0.1, 0.15) is 23.3 Å². The predicted molar refractivity (Wildman–Crippen MR) is 190 cm³/mol. The lowest BCUT2D eigenvalue weighted by Gasteiger charge is -2.30. The number of fused-ring (bicyclic) bond motifs is 3. The molecule has 5 amide bonds. The number of ether oxygens (including phenoxy) is 2. The highest BCUT2D eigenvalue weighted by Gasteiger charge is 2.61. The SMILES string of the molecule is CC(C)(C)OC(=O)C[C@H]1CCCCC/C=C\[C@@H]2C[C@@]2(C(=O)NC(=O)c2ccccc2)NC(=O)[C@@H]2C[C@@H](OC(=O)N3Cc4ccccc4C3)CN2C1=O. The van der Waals surface area contributed by atoms with Crippen molar-refractivity contribution in [1.82, 2.24) is 20.4 Å². The van der Waals surface area contributed by atoms with Crippen molar-refractivity contribution >= 4 is 35.7 Å². The number of benzene rings is 2. The minimum atomic E-state index is -1.40. The van der Waals surface area contributed by atoms with Gasteiger partial charge in [-0.3, -0.25) is 34.2 Å². The highest BCUT2D eigenvalue weighted by molar-refractivity contribution is 6.10. The molecule has 5 atom stereocenters. The molecule has 12 heteroatoms. The molecule has 0 spiro atoms. The number of imide groups is 1. The first-order valence-corrected chi connectivity index (χ1v) is 18.3. The van der Waals surface area contributed by atoms with Crippen LogP contribution in [0.15, 0.2) is 66.7 Å². The zero-order valence-electron chi connectivity index (χ0n) is 30.1. The minimum Gasteiger partial charge on any atom is -0.460 e. The molecule has 1 saturated heterocycles. The second kappa shape index (κ2) is 15.3. The van der Waals surface area contributed by atoms with E-state index < -0.39 is 64.9 Å². The smallest absolute Gasteiger partial charge is 0.410 e. The summed E-state index contributed by atoms with van der Waals surface area (Å²) in [5.74, 6) is -3.85. The molecule has 1 aliphatic carbocycles. The molecule has 4 aliphatic rings. The van der Waals surface area contributed by atoms with Crippen molar-refractivity contribution in [2.24, 2.45) is 11.8 Å². The van der Waals surface area contributed by atoms with Crippen LogP contribution in [-0.2, 0) is 41.7 Å². The Balaban J connectivity index is 1.25. The maximum atomic E-state index is 14.4. The Labute approximate surface area is 304 Å². The Kier molecular flexibility index (Phi) is 10.8. The average molecular weight is 713 g/mol. The van der Waals surface area contributed by atoms with Gasteiger partial charge >= 0.3 is 12.1 Å². The van der Waals surface area contributed by atoms with Gasteiger partial charge in [0.2, 0.25) is 11.8 Å². The van der Waals surface area contributed by atoms with Crippen LogP contribution in [0.3, 0.4) is 0 Å². The van der Waals surface area contributed by atoms with Crippen LogP contribution in [0.1, 0.15) is 93.6 Å². The Bertz CT molecular complexity index is 1710. The number of hydrogen-bond acceptors (Lipinski definition) is 8. The quantitative estimate of drug-likeness (QED) is 0.255. The summed E-state index contributed by atoms with van der Waals surface area (Å²) < 4.78 is 11.5. The number of nitrogens with zero attached hydrogens (tertiary/aromatic N) is 2. The average Bonchev–Trinajstić information content (AvgIpc) is 3.40. The van der Waals surface area contributed by atoms with E-state index >= 15 is 0 Å². The molecule has 0 radical (unpaired) electrons. The van der Waals surface area contributed by atoms with Crippen molar-refractivity contribution in [3.63, 3.8) is 0 Å². The van der Waals surface area contributed by atoms with Crippen LogP contribution in [0, 0.1) is 11.8 Å². The molecule has 52 heavy (non-hydrogen) atoms. The number of rotatable bonds is 5. The number of amides is 5. The van der Waals surface area contributed by atoms with Gasteiger partial charge in [-0.25, -0.2) is 4.79 Å². The van der Waals surface area contributed by atoms with E-state index in [-0.39, 0.29) is 31.7 Å². The highest BCUT2D eigenvalue weighted by atomic mass is 16.6. The fourth-order valence-corrected chi connectivity index (χ4v) is 7.44. The highest BCUT2D eigenvalue weighted by Crippen LogP contribution is 2.45. The van der Waals surface area contributed by atoms with E-state index in [9.17, 15) is 28.8 Å². The number of esters is 1. The van der Waals surface area contributed by atoms with E-state index in [1.807, 2.05) is 36.4 Å². The Hall–Kier alpha value is -5.00. The lowest BCUT2D eigenvalue weighted by molar-refractivity contribution is -0.159. The van der Waals surface area contributed by atoms with Crippen molar-refractivity contribution < 1.29 is 38.2 Å². The molecule has 2 N–H and O–H groups in total. The van der Waals surface area contributed by atoms with Crippen molar-refractivity contribution in [3.05, 3.63) is 83.4 Å². The van der Waals surface area contributed by atoms with Gasteiger partial charge in [0.15, 0.2) is 0 Å². The standard InChI is InChI=1S/C40H48N4O8/c1-39(2,3)52-33(45)20-27-16-8-5-4-6-11-19-30-22-40(30,37(49)41-34(46)26-14-9-7-10-15-26)42-35(47)32-21-31(25-44(32)36(27)48)51-38(50)43-23-28-17-12-13-18-29(28)24-43/h7,9-15,17-19,27,30-32H,4-6,8,16,20-25H2,1-3H3,(H,42,47)(H,41,46,49)/b19-11-/t27-,30-,31-,32+,40-/m1/s1. The van der Waals surface area contributed by atoms with E-state index in [0.29, 0.717) is 31.5 Å². The van der Waals surface area contributed by atoms with E-state index in [1.54, 1.807) is 56.0 Å². The second-order valence-corrected chi connectivity index (χ2v) is 15.3. The molecule has 2 fully saturated rings. The first-order chi connectivity index (χ1) is 24.8. The van der Waals surface area contributed by atoms with E-state index in [4.69, 9.17) is 9.47 Å². The monoisotopic (exact) mass is 712 g/mol. The summed E-state index contributed by atoms with van der Waals surface area (Å²) in [5.41, 5.74) is 0.214. The first kappa shape index (κ1) is 36.8. The van der Waals surface area contributed by atoms with Crippen LogP contribution >= 0.6 is 0 Å². The number of nitrogens with one attached hydrogen (secondary N) is 2. The number of hydrogen-bond donors (Lipinski definition) is 2. The largest absolute Gasteiger partial charge is 0.460 e. The molecule has 0 bridgehead atoms. The molecule has 1 saturated carbocycles. The molecule has 6 rings (SSSR count). The zero-order chi connectivity index (χ0) is 37.0. The Morgan fingerprint density at radius 1 is 0.942 bits per heavy atom. The predicted octanol–water partition coefficient (Wildman–Crippen LogP) is 4.81. The summed E-state index contributed by atoms with van der Waals surface area (Å²) in [7, 11) is 0. The summed E-state index contributed by atoms with van der Waals surface area (Å²) in [6.45, 7) is 6.02. The third kappa shape index (κ3) is 8.54.